The van der Waals surface area contributed by atoms with Crippen LogP contribution in [-0.4, -0.2) is 54.4 Å². The molecule has 7 heteroatoms. The highest BCUT2D eigenvalue weighted by molar-refractivity contribution is 6.00. The minimum absolute atomic E-state index is 0.0705. The van der Waals surface area contributed by atoms with E-state index in [0.717, 1.165) is 0 Å². The minimum atomic E-state index is -2.37. The van der Waals surface area contributed by atoms with E-state index in [1.165, 1.54) is 12.0 Å². The molecule has 0 saturated carbocycles. The van der Waals surface area contributed by atoms with Crippen molar-refractivity contribution in [3.05, 3.63) is 29.3 Å². The molecule has 1 aromatic rings. The number of methoxy groups -OCH3 is 1. The van der Waals surface area contributed by atoms with Crippen molar-refractivity contribution in [1.82, 2.24) is 4.90 Å². The topological polar surface area (TPSA) is 76.1 Å². The monoisotopic (exact) mass is 321 g/mol. The van der Waals surface area contributed by atoms with Gasteiger partial charge in [0.25, 0.3) is 5.91 Å². The first-order valence-corrected chi connectivity index (χ1v) is 7.16. The summed E-state index contributed by atoms with van der Waals surface area (Å²) in [4.78, 5) is 24.6. The molecule has 1 fully saturated rings. The Labute approximate surface area is 132 Å². The van der Waals surface area contributed by atoms with Gasteiger partial charge in [-0.15, -0.1) is 0 Å². The predicted molar refractivity (Wildman–Crippen MR) is 79.1 cm³/mol. The van der Waals surface area contributed by atoms with Gasteiger partial charge in [0.2, 0.25) is 5.67 Å². The average molecular weight is 321 g/mol. The van der Waals surface area contributed by atoms with Crippen LogP contribution in [0, 0.1) is 0 Å². The van der Waals surface area contributed by atoms with Crippen LogP contribution in [-0.2, 0) is 9.59 Å². The SMILES string of the molecule is COc1ccc2c(c1)C=C(C(=O)N1CCC(F)(C(=O)O)C1)CO2. The van der Waals surface area contributed by atoms with Gasteiger partial charge in [0.15, 0.2) is 0 Å². The van der Waals surface area contributed by atoms with E-state index in [1.54, 1.807) is 24.3 Å². The third-order valence-electron chi connectivity index (χ3n) is 4.09. The van der Waals surface area contributed by atoms with E-state index in [2.05, 4.69) is 0 Å². The second-order valence-electron chi connectivity index (χ2n) is 5.61. The van der Waals surface area contributed by atoms with Crippen LogP contribution in [0.15, 0.2) is 23.8 Å². The van der Waals surface area contributed by atoms with Crippen molar-refractivity contribution in [2.45, 2.75) is 12.1 Å². The Bertz CT molecular complexity index is 702. The van der Waals surface area contributed by atoms with E-state index in [4.69, 9.17) is 14.6 Å². The molecule has 2 aliphatic rings. The van der Waals surface area contributed by atoms with E-state index in [0.29, 0.717) is 22.6 Å². The normalized spacial score (nSPS) is 22.9. The van der Waals surface area contributed by atoms with Crippen LogP contribution in [0.5, 0.6) is 11.5 Å². The standard InChI is InChI=1S/C16H16FNO5/c1-22-12-2-3-13-10(7-12)6-11(8-23-13)14(19)18-5-4-16(17,9-18)15(20)21/h2-3,6-7H,4-5,8-9H2,1H3,(H,20,21). The summed E-state index contributed by atoms with van der Waals surface area (Å²) in [7, 11) is 1.54. The number of halogens is 1. The van der Waals surface area contributed by atoms with Crippen LogP contribution in [0.4, 0.5) is 4.39 Å². The van der Waals surface area contributed by atoms with Crippen molar-refractivity contribution in [1.29, 1.82) is 0 Å². The number of alkyl halides is 1. The number of carbonyl (C=O) groups excluding carboxylic acids is 1. The number of ether oxygens (including phenoxy) is 2. The molecule has 1 saturated heterocycles. The second-order valence-corrected chi connectivity index (χ2v) is 5.61. The summed E-state index contributed by atoms with van der Waals surface area (Å²) in [5.74, 6) is -0.669. The molecule has 2 heterocycles. The maximum absolute atomic E-state index is 14.1. The molecule has 23 heavy (non-hydrogen) atoms. The molecular weight excluding hydrogens is 305 g/mol. The number of aliphatic carboxylic acids is 1. The minimum Gasteiger partial charge on any atom is -0.497 e. The van der Waals surface area contributed by atoms with Gasteiger partial charge in [0, 0.05) is 18.5 Å². The van der Waals surface area contributed by atoms with Crippen LogP contribution < -0.4 is 9.47 Å². The van der Waals surface area contributed by atoms with Crippen LogP contribution in [0.2, 0.25) is 0 Å². The maximum atomic E-state index is 14.1. The number of rotatable bonds is 3. The summed E-state index contributed by atoms with van der Waals surface area (Å²) in [5.41, 5.74) is -1.31. The van der Waals surface area contributed by atoms with Crippen molar-refractivity contribution in [2.24, 2.45) is 0 Å². The number of likely N-dealkylation sites (tertiary alicyclic amines) is 1. The number of carboxylic acid groups (broad SMARTS) is 1. The third-order valence-corrected chi connectivity index (χ3v) is 4.09. The molecule has 1 N–H and O–H groups in total. The van der Waals surface area contributed by atoms with Gasteiger partial charge in [-0.25, -0.2) is 9.18 Å². The van der Waals surface area contributed by atoms with E-state index >= 15 is 0 Å². The lowest BCUT2D eigenvalue weighted by Gasteiger charge is -2.22. The second kappa shape index (κ2) is 5.57. The van der Waals surface area contributed by atoms with Crippen molar-refractivity contribution in [2.75, 3.05) is 26.8 Å². The number of nitrogens with zero attached hydrogens (tertiary/aromatic N) is 1. The number of amides is 1. The zero-order chi connectivity index (χ0) is 16.6. The van der Waals surface area contributed by atoms with Crippen LogP contribution >= 0.6 is 0 Å². The molecule has 1 aromatic carbocycles. The lowest BCUT2D eigenvalue weighted by Crippen LogP contribution is -2.40. The number of carboxylic acids is 1. The Kier molecular flexibility index (Phi) is 3.71. The van der Waals surface area contributed by atoms with E-state index in [-0.39, 0.29) is 19.6 Å². The quantitative estimate of drug-likeness (QED) is 0.913. The van der Waals surface area contributed by atoms with Crippen molar-refractivity contribution in [3.8, 4) is 11.5 Å². The molecule has 6 nitrogen and oxygen atoms in total. The van der Waals surface area contributed by atoms with Gasteiger partial charge in [0.1, 0.15) is 18.1 Å². The molecule has 1 amide bonds. The van der Waals surface area contributed by atoms with Gasteiger partial charge in [-0.2, -0.15) is 0 Å². The molecule has 122 valence electrons. The van der Waals surface area contributed by atoms with Crippen molar-refractivity contribution >= 4 is 18.0 Å². The summed E-state index contributed by atoms with van der Waals surface area (Å²) in [6, 6.07) is 5.24. The summed E-state index contributed by atoms with van der Waals surface area (Å²) < 4.78 is 24.8. The van der Waals surface area contributed by atoms with E-state index < -0.39 is 24.1 Å². The fraction of sp³-hybridized carbons (Fsp3) is 0.375. The first kappa shape index (κ1) is 15.3. The number of carbonyl (C=O) groups is 2. The van der Waals surface area contributed by atoms with Crippen LogP contribution in [0.3, 0.4) is 0 Å². The van der Waals surface area contributed by atoms with Gasteiger partial charge in [-0.3, -0.25) is 4.79 Å². The van der Waals surface area contributed by atoms with Crippen LogP contribution in [0.1, 0.15) is 12.0 Å². The zero-order valence-corrected chi connectivity index (χ0v) is 12.5. The molecule has 0 bridgehead atoms. The summed E-state index contributed by atoms with van der Waals surface area (Å²) >= 11 is 0. The molecular formula is C16H16FNO5. The first-order chi connectivity index (χ1) is 10.9. The summed E-state index contributed by atoms with van der Waals surface area (Å²) in [6.45, 7) is -0.297. The van der Waals surface area contributed by atoms with Gasteiger partial charge in [-0.05, 0) is 24.3 Å². The van der Waals surface area contributed by atoms with Gasteiger partial charge >= 0.3 is 5.97 Å². The zero-order valence-electron chi connectivity index (χ0n) is 12.5. The van der Waals surface area contributed by atoms with E-state index in [1.807, 2.05) is 0 Å². The molecule has 0 aliphatic carbocycles. The highest BCUT2D eigenvalue weighted by atomic mass is 19.1. The fourth-order valence-electron chi connectivity index (χ4n) is 2.73. The Balaban J connectivity index is 1.81. The summed E-state index contributed by atoms with van der Waals surface area (Å²) in [5, 5.41) is 8.90. The molecule has 2 aliphatic heterocycles. The van der Waals surface area contributed by atoms with Gasteiger partial charge < -0.3 is 19.5 Å². The predicted octanol–water partition coefficient (Wildman–Crippen LogP) is 1.50. The average Bonchev–Trinajstić information content (AvgIpc) is 2.97. The van der Waals surface area contributed by atoms with Crippen molar-refractivity contribution < 1.29 is 28.6 Å². The molecule has 1 atom stereocenters. The molecule has 0 aromatic heterocycles. The number of hydrogen-bond donors (Lipinski definition) is 1. The van der Waals surface area contributed by atoms with Gasteiger partial charge in [0.05, 0.1) is 19.2 Å². The molecule has 1 unspecified atom stereocenters. The van der Waals surface area contributed by atoms with Crippen LogP contribution in [0.25, 0.3) is 6.08 Å². The fourth-order valence-corrected chi connectivity index (χ4v) is 2.73. The van der Waals surface area contributed by atoms with E-state index in [9.17, 15) is 14.0 Å². The Morgan fingerprint density at radius 3 is 2.87 bits per heavy atom. The Hall–Kier alpha value is -2.57. The summed E-state index contributed by atoms with van der Waals surface area (Å²) in [6.07, 6.45) is 1.47. The smallest absolute Gasteiger partial charge is 0.343 e. The highest BCUT2D eigenvalue weighted by Crippen LogP contribution is 2.32. The number of benzene rings is 1. The largest absolute Gasteiger partial charge is 0.497 e. The Morgan fingerprint density at radius 2 is 2.22 bits per heavy atom. The Morgan fingerprint density at radius 1 is 1.43 bits per heavy atom. The number of fused-ring (bicyclic) bond motifs is 1. The lowest BCUT2D eigenvalue weighted by atomic mass is 10.1. The van der Waals surface area contributed by atoms with Gasteiger partial charge in [-0.1, -0.05) is 0 Å². The molecule has 0 radical (unpaired) electrons. The molecule has 0 spiro atoms. The number of hydrogen-bond acceptors (Lipinski definition) is 4. The lowest BCUT2D eigenvalue weighted by molar-refractivity contribution is -0.150. The first-order valence-electron chi connectivity index (χ1n) is 7.16. The highest BCUT2D eigenvalue weighted by Gasteiger charge is 2.47. The van der Waals surface area contributed by atoms with Crippen molar-refractivity contribution in [3.63, 3.8) is 0 Å². The molecule has 3 rings (SSSR count). The third kappa shape index (κ3) is 2.74. The maximum Gasteiger partial charge on any atom is 0.343 e.